The highest BCUT2D eigenvalue weighted by Crippen LogP contribution is 2.26. The zero-order valence-corrected chi connectivity index (χ0v) is 14.4. The summed E-state index contributed by atoms with van der Waals surface area (Å²) in [5.74, 6) is -0.0991. The molecule has 0 aliphatic rings. The minimum Gasteiger partial charge on any atom is -0.329 e. The van der Waals surface area contributed by atoms with E-state index in [1.54, 1.807) is 18.2 Å². The summed E-state index contributed by atoms with van der Waals surface area (Å²) in [5.41, 5.74) is 1.23. The van der Waals surface area contributed by atoms with E-state index in [0.717, 1.165) is 5.56 Å². The molecule has 0 aromatic heterocycles. The van der Waals surface area contributed by atoms with Crippen LogP contribution in [0.3, 0.4) is 0 Å². The van der Waals surface area contributed by atoms with Gasteiger partial charge in [0.1, 0.15) is 0 Å². The standard InChI is InChI=1S/C18H19Cl2NO/c1-18(2,3)21(12-13-7-5-4-6-8-13)17(22)15-10-9-14(19)11-16(15)20/h4-11H,12H2,1-3H3. The van der Waals surface area contributed by atoms with Gasteiger partial charge < -0.3 is 4.90 Å². The number of amides is 1. The molecular weight excluding hydrogens is 317 g/mol. The predicted molar refractivity (Wildman–Crippen MR) is 92.5 cm³/mol. The van der Waals surface area contributed by atoms with E-state index in [2.05, 4.69) is 0 Å². The molecular formula is C18H19Cl2NO. The first-order chi connectivity index (χ1) is 10.3. The van der Waals surface area contributed by atoms with Crippen molar-refractivity contribution in [3.05, 3.63) is 69.7 Å². The van der Waals surface area contributed by atoms with Crippen molar-refractivity contribution in [2.75, 3.05) is 0 Å². The van der Waals surface area contributed by atoms with Crippen LogP contribution >= 0.6 is 23.2 Å². The third-order valence-electron chi connectivity index (χ3n) is 3.40. The van der Waals surface area contributed by atoms with Crippen LogP contribution in [0, 0.1) is 0 Å². The average Bonchev–Trinajstić information content (AvgIpc) is 2.44. The zero-order valence-electron chi connectivity index (χ0n) is 12.9. The van der Waals surface area contributed by atoms with Crippen molar-refractivity contribution in [2.24, 2.45) is 0 Å². The minimum absolute atomic E-state index is 0.0991. The molecule has 0 aliphatic carbocycles. The van der Waals surface area contributed by atoms with Crippen molar-refractivity contribution in [3.8, 4) is 0 Å². The van der Waals surface area contributed by atoms with Crippen molar-refractivity contribution >= 4 is 29.1 Å². The van der Waals surface area contributed by atoms with Crippen LogP contribution in [0.25, 0.3) is 0 Å². The van der Waals surface area contributed by atoms with Crippen LogP contribution in [0.2, 0.25) is 10.0 Å². The van der Waals surface area contributed by atoms with Crippen molar-refractivity contribution in [1.82, 2.24) is 4.90 Å². The molecule has 2 rings (SSSR count). The summed E-state index contributed by atoms with van der Waals surface area (Å²) in [4.78, 5) is 14.7. The molecule has 0 saturated heterocycles. The van der Waals surface area contributed by atoms with E-state index < -0.39 is 0 Å². The van der Waals surface area contributed by atoms with Gasteiger partial charge in [-0.05, 0) is 44.5 Å². The maximum atomic E-state index is 12.9. The Hall–Kier alpha value is -1.51. The highest BCUT2D eigenvalue weighted by atomic mass is 35.5. The molecule has 0 aliphatic heterocycles. The third kappa shape index (κ3) is 4.02. The molecule has 2 aromatic rings. The van der Waals surface area contributed by atoms with Gasteiger partial charge in [0, 0.05) is 17.1 Å². The summed E-state index contributed by atoms with van der Waals surface area (Å²) in [6.07, 6.45) is 0. The Bertz CT molecular complexity index is 663. The van der Waals surface area contributed by atoms with E-state index in [4.69, 9.17) is 23.2 Å². The SMILES string of the molecule is CC(C)(C)N(Cc1ccccc1)C(=O)c1ccc(Cl)cc1Cl. The van der Waals surface area contributed by atoms with Crippen LogP contribution in [-0.4, -0.2) is 16.3 Å². The fourth-order valence-corrected chi connectivity index (χ4v) is 2.68. The Kier molecular flexibility index (Phi) is 5.15. The van der Waals surface area contributed by atoms with Gasteiger partial charge in [0.05, 0.1) is 10.6 Å². The van der Waals surface area contributed by atoms with E-state index in [0.29, 0.717) is 22.2 Å². The molecule has 0 saturated carbocycles. The van der Waals surface area contributed by atoms with Gasteiger partial charge in [-0.25, -0.2) is 0 Å². The monoisotopic (exact) mass is 335 g/mol. The Labute approximate surface area is 141 Å². The lowest BCUT2D eigenvalue weighted by Gasteiger charge is -2.36. The van der Waals surface area contributed by atoms with Crippen LogP contribution in [0.15, 0.2) is 48.5 Å². The molecule has 0 N–H and O–H groups in total. The highest BCUT2D eigenvalue weighted by molar-refractivity contribution is 6.36. The Morgan fingerprint density at radius 2 is 1.68 bits per heavy atom. The van der Waals surface area contributed by atoms with E-state index >= 15 is 0 Å². The normalized spacial score (nSPS) is 11.3. The molecule has 0 fully saturated rings. The predicted octanol–water partition coefficient (Wildman–Crippen LogP) is 5.43. The Morgan fingerprint density at radius 1 is 1.05 bits per heavy atom. The van der Waals surface area contributed by atoms with Crippen molar-refractivity contribution in [1.29, 1.82) is 0 Å². The van der Waals surface area contributed by atoms with Gasteiger partial charge in [-0.3, -0.25) is 4.79 Å². The molecule has 2 aromatic carbocycles. The maximum Gasteiger partial charge on any atom is 0.256 e. The molecule has 0 heterocycles. The zero-order chi connectivity index (χ0) is 16.3. The second-order valence-corrected chi connectivity index (χ2v) is 7.02. The van der Waals surface area contributed by atoms with Crippen LogP contribution in [0.4, 0.5) is 0 Å². The number of hydrogen-bond donors (Lipinski definition) is 0. The molecule has 0 unspecified atom stereocenters. The molecule has 116 valence electrons. The summed E-state index contributed by atoms with van der Waals surface area (Å²) in [6, 6.07) is 14.9. The molecule has 1 amide bonds. The smallest absolute Gasteiger partial charge is 0.256 e. The quantitative estimate of drug-likeness (QED) is 0.731. The van der Waals surface area contributed by atoms with Crippen molar-refractivity contribution in [3.63, 3.8) is 0 Å². The average molecular weight is 336 g/mol. The number of nitrogens with zero attached hydrogens (tertiary/aromatic N) is 1. The number of carbonyl (C=O) groups is 1. The summed E-state index contributed by atoms with van der Waals surface area (Å²) in [6.45, 7) is 6.56. The molecule has 22 heavy (non-hydrogen) atoms. The second-order valence-electron chi connectivity index (χ2n) is 6.17. The lowest BCUT2D eigenvalue weighted by Crippen LogP contribution is -2.45. The van der Waals surface area contributed by atoms with Gasteiger partial charge in [-0.1, -0.05) is 53.5 Å². The number of carbonyl (C=O) groups excluding carboxylic acids is 1. The second kappa shape index (κ2) is 6.72. The van der Waals surface area contributed by atoms with Gasteiger partial charge >= 0.3 is 0 Å². The third-order valence-corrected chi connectivity index (χ3v) is 3.95. The van der Waals surface area contributed by atoms with Crippen LogP contribution < -0.4 is 0 Å². The van der Waals surface area contributed by atoms with E-state index in [9.17, 15) is 4.79 Å². The van der Waals surface area contributed by atoms with E-state index in [1.165, 1.54) is 0 Å². The number of halogens is 2. The van der Waals surface area contributed by atoms with Crippen LogP contribution in [0.1, 0.15) is 36.7 Å². The topological polar surface area (TPSA) is 20.3 Å². The maximum absolute atomic E-state index is 12.9. The summed E-state index contributed by atoms with van der Waals surface area (Å²) >= 11 is 12.1. The summed E-state index contributed by atoms with van der Waals surface area (Å²) in [7, 11) is 0. The lowest BCUT2D eigenvalue weighted by atomic mass is 10.0. The Balaban J connectivity index is 2.35. The molecule has 2 nitrogen and oxygen atoms in total. The fraction of sp³-hybridized carbons (Fsp3) is 0.278. The molecule has 0 radical (unpaired) electrons. The van der Waals surface area contributed by atoms with Gasteiger partial charge in [0.2, 0.25) is 0 Å². The number of hydrogen-bond acceptors (Lipinski definition) is 1. The first-order valence-electron chi connectivity index (χ1n) is 7.10. The largest absolute Gasteiger partial charge is 0.329 e. The molecule has 0 spiro atoms. The molecule has 4 heteroatoms. The van der Waals surface area contributed by atoms with Gasteiger partial charge in [0.25, 0.3) is 5.91 Å². The van der Waals surface area contributed by atoms with Crippen LogP contribution in [-0.2, 0) is 6.54 Å². The van der Waals surface area contributed by atoms with Crippen molar-refractivity contribution in [2.45, 2.75) is 32.9 Å². The van der Waals surface area contributed by atoms with Crippen molar-refractivity contribution < 1.29 is 4.79 Å². The first kappa shape index (κ1) is 16.9. The van der Waals surface area contributed by atoms with Gasteiger partial charge in [-0.2, -0.15) is 0 Å². The highest BCUT2D eigenvalue weighted by Gasteiger charge is 2.28. The summed E-state index contributed by atoms with van der Waals surface area (Å²) < 4.78 is 0. The molecule has 0 atom stereocenters. The van der Waals surface area contributed by atoms with Gasteiger partial charge in [-0.15, -0.1) is 0 Å². The van der Waals surface area contributed by atoms with E-state index in [-0.39, 0.29) is 11.4 Å². The minimum atomic E-state index is -0.324. The Morgan fingerprint density at radius 3 is 2.23 bits per heavy atom. The van der Waals surface area contributed by atoms with Gasteiger partial charge in [0.15, 0.2) is 0 Å². The lowest BCUT2D eigenvalue weighted by molar-refractivity contribution is 0.0559. The van der Waals surface area contributed by atoms with E-state index in [1.807, 2.05) is 56.0 Å². The summed E-state index contributed by atoms with van der Waals surface area (Å²) in [5, 5.41) is 0.895. The fourth-order valence-electron chi connectivity index (χ4n) is 2.19. The number of rotatable bonds is 3. The van der Waals surface area contributed by atoms with Crippen LogP contribution in [0.5, 0.6) is 0 Å². The number of benzene rings is 2. The first-order valence-corrected chi connectivity index (χ1v) is 7.85. The molecule has 0 bridgehead atoms.